The van der Waals surface area contributed by atoms with Gasteiger partial charge in [-0.05, 0) is 110 Å². The summed E-state index contributed by atoms with van der Waals surface area (Å²) in [5.41, 5.74) is 4.29. The number of hydrogen-bond acceptors (Lipinski definition) is 12. The van der Waals surface area contributed by atoms with Crippen LogP contribution in [0.3, 0.4) is 0 Å². The Hall–Kier alpha value is -6.15. The van der Waals surface area contributed by atoms with Crippen molar-refractivity contribution in [2.24, 2.45) is 22.9 Å². The quantitative estimate of drug-likeness (QED) is 0.0336. The molecule has 66 heavy (non-hydrogen) atoms. The van der Waals surface area contributed by atoms with E-state index >= 15 is 4.79 Å². The lowest BCUT2D eigenvalue weighted by atomic mass is 9.55. The summed E-state index contributed by atoms with van der Waals surface area (Å²) in [4.78, 5) is 35.3. The Bertz CT molecular complexity index is 2400. The van der Waals surface area contributed by atoms with Crippen molar-refractivity contribution < 1.29 is 53.1 Å². The fourth-order valence-corrected chi connectivity index (χ4v) is 10.3. The van der Waals surface area contributed by atoms with E-state index in [1.165, 1.54) is 7.11 Å². The van der Waals surface area contributed by atoms with E-state index in [9.17, 15) is 15.0 Å². The first kappa shape index (κ1) is 46.4. The second kappa shape index (κ2) is 21.4. The molecule has 0 saturated heterocycles. The van der Waals surface area contributed by atoms with Gasteiger partial charge in [-0.1, -0.05) is 67.4 Å². The predicted octanol–water partition coefficient (Wildman–Crippen LogP) is 9.41. The Balaban J connectivity index is 1.32. The third kappa shape index (κ3) is 9.56. The fraction of sp³-hybridized carbons (Fsp3) is 0.415. The zero-order valence-corrected chi connectivity index (χ0v) is 37.8. The topological polar surface area (TPSA) is 155 Å². The van der Waals surface area contributed by atoms with Gasteiger partial charge in [-0.25, -0.2) is 0 Å². The third-order valence-corrected chi connectivity index (χ3v) is 13.2. The van der Waals surface area contributed by atoms with Crippen molar-refractivity contribution in [3.05, 3.63) is 131 Å². The second-order valence-electron chi connectivity index (χ2n) is 17.2. The van der Waals surface area contributed by atoms with Crippen molar-refractivity contribution in [1.29, 1.82) is 0 Å². The van der Waals surface area contributed by atoms with Gasteiger partial charge in [0.25, 0.3) is 5.91 Å². The molecule has 2 aliphatic heterocycles. The number of nitrogens with zero attached hydrogens (tertiary/aromatic N) is 2. The standard InChI is InChI=1S/C53H60N2O11/c1-4-23-55(52(59)37-17-20-47-48(29-37)62-34-61-47)49-31-44(54-64-33-35-13-7-6-8-14-35)42-28-36(15-9-11-24-56)41(16-10-12-25-57)50-43-30-40(65-39-18-21-45(60-3)38(27-39)32-58)19-22-46(43)66-53(49,51(42)50)63-26-5-2/h5-8,13-14,17-22,27-30,32,36,41,49-51,56-57H,2,4,9-12,15-16,23-26,31,33-34H2,1,3H3. The molecule has 0 spiro atoms. The summed E-state index contributed by atoms with van der Waals surface area (Å²) in [7, 11) is 1.52. The minimum atomic E-state index is -1.44. The van der Waals surface area contributed by atoms with Gasteiger partial charge in [-0.15, -0.1) is 6.58 Å². The zero-order valence-electron chi connectivity index (χ0n) is 37.8. The van der Waals surface area contributed by atoms with Crippen molar-refractivity contribution in [3.63, 3.8) is 0 Å². The van der Waals surface area contributed by atoms with Crippen LogP contribution in [-0.2, 0) is 16.2 Å². The molecule has 4 aromatic rings. The number of aldehydes is 1. The lowest BCUT2D eigenvalue weighted by molar-refractivity contribution is -0.254. The highest BCUT2D eigenvalue weighted by Gasteiger charge is 2.65. The molecule has 1 amide bonds. The van der Waals surface area contributed by atoms with Crippen LogP contribution in [0.4, 0.5) is 0 Å². The van der Waals surface area contributed by atoms with E-state index in [4.69, 9.17) is 38.4 Å². The first-order chi connectivity index (χ1) is 32.4. The van der Waals surface area contributed by atoms with Gasteiger partial charge in [-0.2, -0.15) is 0 Å². The lowest BCUT2D eigenvalue weighted by Crippen LogP contribution is -2.70. The summed E-state index contributed by atoms with van der Waals surface area (Å²) in [6, 6.07) is 25.3. The van der Waals surface area contributed by atoms with Crippen LogP contribution in [-0.4, -0.2) is 85.1 Å². The Morgan fingerprint density at radius 2 is 1.68 bits per heavy atom. The molecule has 13 heteroatoms. The zero-order chi connectivity index (χ0) is 46.0. The number of amides is 1. The van der Waals surface area contributed by atoms with E-state index in [1.807, 2.05) is 60.4 Å². The van der Waals surface area contributed by atoms with E-state index in [2.05, 4.69) is 12.7 Å². The summed E-state index contributed by atoms with van der Waals surface area (Å²) >= 11 is 0. The van der Waals surface area contributed by atoms with Crippen molar-refractivity contribution in [2.75, 3.05) is 40.3 Å². The summed E-state index contributed by atoms with van der Waals surface area (Å²) in [6.45, 7) is 7.08. The second-order valence-corrected chi connectivity index (χ2v) is 17.2. The minimum absolute atomic E-state index is 0.00525. The number of unbranched alkanes of at least 4 members (excludes halogenated alkanes) is 2. The fourth-order valence-electron chi connectivity index (χ4n) is 10.3. The van der Waals surface area contributed by atoms with Gasteiger partial charge in [-0.3, -0.25) is 9.59 Å². The number of rotatable bonds is 22. The molecule has 1 fully saturated rings. The van der Waals surface area contributed by atoms with E-state index in [-0.39, 0.29) is 63.3 Å². The molecule has 4 aliphatic rings. The number of allylic oxidation sites excluding steroid dienone is 1. The van der Waals surface area contributed by atoms with Crippen LogP contribution < -0.4 is 23.7 Å². The van der Waals surface area contributed by atoms with E-state index in [0.717, 1.165) is 48.7 Å². The van der Waals surface area contributed by atoms with Gasteiger partial charge >= 0.3 is 0 Å². The normalized spacial score (nSPS) is 22.9. The number of fused-ring (bicyclic) bond motifs is 3. The smallest absolute Gasteiger partial charge is 0.254 e. The molecular weight excluding hydrogens is 841 g/mol. The number of ether oxygens (including phenoxy) is 6. The number of aliphatic hydroxyl groups excluding tert-OH is 2. The molecular formula is C53H60N2O11. The first-order valence-corrected chi connectivity index (χ1v) is 23.1. The largest absolute Gasteiger partial charge is 0.496 e. The van der Waals surface area contributed by atoms with Crippen LogP contribution in [0, 0.1) is 17.8 Å². The van der Waals surface area contributed by atoms with Gasteiger partial charge < -0.3 is 48.4 Å². The van der Waals surface area contributed by atoms with E-state index < -0.39 is 17.7 Å². The summed E-state index contributed by atoms with van der Waals surface area (Å²) < 4.78 is 37.8. The summed E-state index contributed by atoms with van der Waals surface area (Å²) in [6.07, 6.45) is 10.1. The number of hydrogen-bond donors (Lipinski definition) is 2. The molecule has 348 valence electrons. The Morgan fingerprint density at radius 1 is 0.924 bits per heavy atom. The summed E-state index contributed by atoms with van der Waals surface area (Å²) in [5.74, 6) is 0.707. The Kier molecular flexibility index (Phi) is 15.1. The molecule has 4 aromatic carbocycles. The van der Waals surface area contributed by atoms with Crippen molar-refractivity contribution in [3.8, 4) is 34.5 Å². The number of carbonyl (C=O) groups is 2. The molecule has 0 radical (unpaired) electrons. The maximum absolute atomic E-state index is 15.2. The van der Waals surface area contributed by atoms with Crippen LogP contribution in [0.1, 0.15) is 96.1 Å². The molecule has 0 bridgehead atoms. The van der Waals surface area contributed by atoms with E-state index in [0.29, 0.717) is 77.1 Å². The Labute approximate surface area is 386 Å². The van der Waals surface area contributed by atoms with Crippen molar-refractivity contribution in [1.82, 2.24) is 4.90 Å². The maximum Gasteiger partial charge on any atom is 0.254 e. The number of oxime groups is 1. The number of carbonyl (C=O) groups excluding carboxylic acids is 2. The molecule has 6 atom stereocenters. The average Bonchev–Trinajstić information content (AvgIpc) is 3.82. The van der Waals surface area contributed by atoms with Crippen LogP contribution in [0.2, 0.25) is 0 Å². The highest BCUT2D eigenvalue weighted by molar-refractivity contribution is 6.03. The van der Waals surface area contributed by atoms with Crippen LogP contribution in [0.15, 0.2) is 114 Å². The lowest BCUT2D eigenvalue weighted by Gasteiger charge is -2.60. The number of benzene rings is 4. The molecule has 8 rings (SSSR count). The van der Waals surface area contributed by atoms with Crippen LogP contribution >= 0.6 is 0 Å². The molecule has 13 nitrogen and oxygen atoms in total. The van der Waals surface area contributed by atoms with Crippen LogP contribution in [0.25, 0.3) is 0 Å². The van der Waals surface area contributed by atoms with Gasteiger partial charge in [0.2, 0.25) is 12.6 Å². The Morgan fingerprint density at radius 3 is 2.44 bits per heavy atom. The highest BCUT2D eigenvalue weighted by atomic mass is 16.7. The predicted molar refractivity (Wildman–Crippen MR) is 249 cm³/mol. The van der Waals surface area contributed by atoms with Crippen molar-refractivity contribution >= 4 is 17.9 Å². The molecule has 2 N–H and O–H groups in total. The molecule has 6 unspecified atom stereocenters. The summed E-state index contributed by atoms with van der Waals surface area (Å²) in [5, 5.41) is 25.0. The molecule has 2 heterocycles. The maximum atomic E-state index is 15.2. The van der Waals surface area contributed by atoms with Gasteiger partial charge in [0.05, 0.1) is 30.9 Å². The first-order valence-electron chi connectivity index (χ1n) is 23.1. The molecule has 2 aliphatic carbocycles. The number of methoxy groups -OCH3 is 1. The highest BCUT2D eigenvalue weighted by Crippen LogP contribution is 2.62. The molecule has 0 aromatic heterocycles. The third-order valence-electron chi connectivity index (χ3n) is 13.2. The average molecular weight is 901 g/mol. The van der Waals surface area contributed by atoms with Crippen LogP contribution in [0.5, 0.6) is 34.5 Å². The van der Waals surface area contributed by atoms with Gasteiger partial charge in [0.1, 0.15) is 35.6 Å². The van der Waals surface area contributed by atoms with Gasteiger partial charge in [0, 0.05) is 43.2 Å². The number of aliphatic hydroxyl groups is 2. The SMILES string of the molecule is C=CCOC12Oc3ccc(Oc4ccc(OC)c(C=O)c4)cc3C3C(CCCCO)C(CCCCO)C=C(C(=NOCc4ccccc4)CC1N(CCC)C(=O)c1ccc4c(c1)OCO4)C32. The molecule has 1 saturated carbocycles. The van der Waals surface area contributed by atoms with E-state index in [1.54, 1.807) is 42.5 Å². The monoisotopic (exact) mass is 900 g/mol. The van der Waals surface area contributed by atoms with Gasteiger partial charge in [0.15, 0.2) is 17.8 Å². The minimum Gasteiger partial charge on any atom is -0.496 e. The van der Waals surface area contributed by atoms with Crippen molar-refractivity contribution in [2.45, 2.75) is 82.6 Å².